The lowest BCUT2D eigenvalue weighted by atomic mass is 10.1. The standard InChI is InChI=1S/C14H32O2Si/c1-5-7-8-9-10-11-12-13-14-16-17(3,4)15-6-2/h5-14H2,1-4H3. The highest BCUT2D eigenvalue weighted by Crippen LogP contribution is 2.10. The van der Waals surface area contributed by atoms with E-state index >= 15 is 0 Å². The van der Waals surface area contributed by atoms with E-state index in [1.807, 2.05) is 6.92 Å². The Morgan fingerprint density at radius 3 is 1.76 bits per heavy atom. The molecule has 0 aliphatic rings. The van der Waals surface area contributed by atoms with Gasteiger partial charge in [0.25, 0.3) is 0 Å². The summed E-state index contributed by atoms with van der Waals surface area (Å²) in [5.41, 5.74) is 0. The van der Waals surface area contributed by atoms with Crippen LogP contribution in [0.2, 0.25) is 13.1 Å². The van der Waals surface area contributed by atoms with Gasteiger partial charge in [0.1, 0.15) is 0 Å². The van der Waals surface area contributed by atoms with Crippen LogP contribution < -0.4 is 0 Å². The Morgan fingerprint density at radius 1 is 0.706 bits per heavy atom. The molecule has 0 radical (unpaired) electrons. The van der Waals surface area contributed by atoms with Gasteiger partial charge in [-0.1, -0.05) is 51.9 Å². The van der Waals surface area contributed by atoms with Crippen molar-refractivity contribution in [3.05, 3.63) is 0 Å². The number of rotatable bonds is 12. The van der Waals surface area contributed by atoms with Crippen LogP contribution in [0.4, 0.5) is 0 Å². The summed E-state index contributed by atoms with van der Waals surface area (Å²) in [7, 11) is -1.79. The van der Waals surface area contributed by atoms with Gasteiger partial charge >= 0.3 is 8.56 Å². The van der Waals surface area contributed by atoms with Gasteiger partial charge in [-0.2, -0.15) is 0 Å². The van der Waals surface area contributed by atoms with Crippen LogP contribution in [0.15, 0.2) is 0 Å². The molecule has 17 heavy (non-hydrogen) atoms. The fraction of sp³-hybridized carbons (Fsp3) is 1.00. The molecule has 3 heteroatoms. The fourth-order valence-corrected chi connectivity index (χ4v) is 3.36. The Bertz CT molecular complexity index is 160. The Balaban J connectivity index is 3.18. The van der Waals surface area contributed by atoms with Gasteiger partial charge in [0.05, 0.1) is 0 Å². The Labute approximate surface area is 109 Å². The van der Waals surface area contributed by atoms with Crippen LogP contribution in [0.3, 0.4) is 0 Å². The molecule has 0 fully saturated rings. The van der Waals surface area contributed by atoms with Crippen molar-refractivity contribution < 1.29 is 8.85 Å². The first-order chi connectivity index (χ1) is 8.12. The van der Waals surface area contributed by atoms with E-state index in [-0.39, 0.29) is 0 Å². The van der Waals surface area contributed by atoms with E-state index < -0.39 is 8.56 Å². The van der Waals surface area contributed by atoms with Gasteiger partial charge in [-0.25, -0.2) is 0 Å². The highest BCUT2D eigenvalue weighted by molar-refractivity contribution is 6.64. The van der Waals surface area contributed by atoms with Crippen molar-refractivity contribution in [1.82, 2.24) is 0 Å². The van der Waals surface area contributed by atoms with E-state index in [2.05, 4.69) is 20.0 Å². The quantitative estimate of drug-likeness (QED) is 0.368. The second-order valence-electron chi connectivity index (χ2n) is 5.16. The highest BCUT2D eigenvalue weighted by Gasteiger charge is 2.22. The maximum Gasteiger partial charge on any atom is 0.331 e. The second kappa shape index (κ2) is 11.2. The Kier molecular flexibility index (Phi) is 11.3. The average molecular weight is 260 g/mol. The van der Waals surface area contributed by atoms with Crippen LogP contribution in [-0.2, 0) is 8.85 Å². The van der Waals surface area contributed by atoms with E-state index in [4.69, 9.17) is 8.85 Å². The predicted octanol–water partition coefficient (Wildman–Crippen LogP) is 4.88. The van der Waals surface area contributed by atoms with E-state index in [1.54, 1.807) is 0 Å². The van der Waals surface area contributed by atoms with Crippen LogP contribution in [0, 0.1) is 0 Å². The molecule has 0 unspecified atom stereocenters. The van der Waals surface area contributed by atoms with Gasteiger partial charge in [0, 0.05) is 13.2 Å². The molecule has 0 N–H and O–H groups in total. The van der Waals surface area contributed by atoms with Crippen molar-refractivity contribution in [3.8, 4) is 0 Å². The highest BCUT2D eigenvalue weighted by atomic mass is 28.4. The zero-order valence-corrected chi connectivity index (χ0v) is 13.4. The normalized spacial score (nSPS) is 12.0. The minimum absolute atomic E-state index is 0.774. The second-order valence-corrected chi connectivity index (χ2v) is 8.53. The zero-order valence-electron chi connectivity index (χ0n) is 12.4. The third-order valence-corrected chi connectivity index (χ3v) is 4.82. The van der Waals surface area contributed by atoms with Gasteiger partial charge < -0.3 is 8.85 Å². The first-order valence-corrected chi connectivity index (χ1v) is 10.2. The lowest BCUT2D eigenvalue weighted by Crippen LogP contribution is -2.35. The van der Waals surface area contributed by atoms with Gasteiger partial charge in [-0.15, -0.1) is 0 Å². The number of hydrogen-bond donors (Lipinski definition) is 0. The molecule has 0 aromatic carbocycles. The molecular formula is C14H32O2Si. The molecule has 0 aliphatic carbocycles. The van der Waals surface area contributed by atoms with E-state index in [0.29, 0.717) is 0 Å². The van der Waals surface area contributed by atoms with E-state index in [9.17, 15) is 0 Å². The van der Waals surface area contributed by atoms with Gasteiger partial charge in [-0.05, 0) is 26.4 Å². The first kappa shape index (κ1) is 17.1. The SMILES string of the molecule is CCCCCCCCCCO[Si](C)(C)OCC. The molecule has 0 saturated heterocycles. The summed E-state index contributed by atoms with van der Waals surface area (Å²) in [5, 5.41) is 0. The number of hydrogen-bond acceptors (Lipinski definition) is 2. The van der Waals surface area contributed by atoms with E-state index in [1.165, 1.54) is 51.4 Å². The monoisotopic (exact) mass is 260 g/mol. The van der Waals surface area contributed by atoms with Gasteiger partial charge in [0.15, 0.2) is 0 Å². The maximum atomic E-state index is 5.83. The molecule has 0 aliphatic heterocycles. The molecule has 2 nitrogen and oxygen atoms in total. The zero-order chi connectivity index (χ0) is 13.0. The summed E-state index contributed by atoms with van der Waals surface area (Å²) >= 11 is 0. The summed E-state index contributed by atoms with van der Waals surface area (Å²) in [5.74, 6) is 0. The van der Waals surface area contributed by atoms with Crippen LogP contribution in [0.25, 0.3) is 0 Å². The number of unbranched alkanes of at least 4 members (excludes halogenated alkanes) is 7. The van der Waals surface area contributed by atoms with Crippen molar-refractivity contribution in [3.63, 3.8) is 0 Å². The molecule has 0 aromatic rings. The van der Waals surface area contributed by atoms with Crippen LogP contribution in [0.1, 0.15) is 65.2 Å². The summed E-state index contributed by atoms with van der Waals surface area (Å²) in [6, 6.07) is 0. The topological polar surface area (TPSA) is 18.5 Å². The maximum absolute atomic E-state index is 5.83. The van der Waals surface area contributed by atoms with Crippen molar-refractivity contribution >= 4 is 8.56 Å². The third kappa shape index (κ3) is 12.4. The molecule has 0 saturated carbocycles. The van der Waals surface area contributed by atoms with Crippen molar-refractivity contribution in [2.45, 2.75) is 78.3 Å². The minimum Gasteiger partial charge on any atom is -0.395 e. The predicted molar refractivity (Wildman–Crippen MR) is 77.7 cm³/mol. The van der Waals surface area contributed by atoms with Crippen molar-refractivity contribution in [2.75, 3.05) is 13.2 Å². The summed E-state index contributed by atoms with van der Waals surface area (Å²) in [4.78, 5) is 0. The minimum atomic E-state index is -1.79. The molecular weight excluding hydrogens is 228 g/mol. The van der Waals surface area contributed by atoms with Gasteiger partial charge in [0.2, 0.25) is 0 Å². The van der Waals surface area contributed by atoms with Crippen LogP contribution in [-0.4, -0.2) is 21.8 Å². The Morgan fingerprint density at radius 2 is 1.24 bits per heavy atom. The van der Waals surface area contributed by atoms with E-state index in [0.717, 1.165) is 13.2 Å². The molecule has 0 amide bonds. The van der Waals surface area contributed by atoms with Gasteiger partial charge in [-0.3, -0.25) is 0 Å². The molecule has 0 spiro atoms. The molecule has 0 atom stereocenters. The lowest BCUT2D eigenvalue weighted by molar-refractivity contribution is 0.183. The third-order valence-electron chi connectivity index (χ3n) is 2.94. The first-order valence-electron chi connectivity index (χ1n) is 7.40. The molecule has 0 bridgehead atoms. The summed E-state index contributed by atoms with van der Waals surface area (Å²) < 4.78 is 11.4. The molecule has 0 heterocycles. The van der Waals surface area contributed by atoms with Crippen molar-refractivity contribution in [1.29, 1.82) is 0 Å². The molecule has 0 rings (SSSR count). The van der Waals surface area contributed by atoms with Crippen LogP contribution in [0.5, 0.6) is 0 Å². The lowest BCUT2D eigenvalue weighted by Gasteiger charge is -2.21. The smallest absolute Gasteiger partial charge is 0.331 e. The van der Waals surface area contributed by atoms with Crippen molar-refractivity contribution in [2.24, 2.45) is 0 Å². The largest absolute Gasteiger partial charge is 0.395 e. The Hall–Kier alpha value is 0.137. The van der Waals surface area contributed by atoms with Crippen LogP contribution >= 0.6 is 0 Å². The average Bonchev–Trinajstić information content (AvgIpc) is 2.27. The summed E-state index contributed by atoms with van der Waals surface area (Å²) in [6.07, 6.45) is 10.8. The molecule has 0 aromatic heterocycles. The summed E-state index contributed by atoms with van der Waals surface area (Å²) in [6.45, 7) is 10.2. The molecule has 104 valence electrons. The fourth-order valence-electron chi connectivity index (χ4n) is 1.94.